The minimum absolute atomic E-state index is 0.0327. The van der Waals surface area contributed by atoms with Crippen LogP contribution < -0.4 is 0 Å². The predicted octanol–water partition coefficient (Wildman–Crippen LogP) is 3.32. The average molecular weight is 290 g/mol. The van der Waals surface area contributed by atoms with Crippen LogP contribution in [0.2, 0.25) is 0 Å². The van der Waals surface area contributed by atoms with E-state index in [9.17, 15) is 9.90 Å². The Morgan fingerprint density at radius 2 is 2.00 bits per heavy atom. The smallest absolute Gasteiger partial charge is 0.136 e. The number of aliphatic hydroxyl groups is 1. The largest absolute Gasteiger partial charge is 0.391 e. The Kier molecular flexibility index (Phi) is 5.95. The van der Waals surface area contributed by atoms with Crippen LogP contribution in [0.5, 0.6) is 0 Å². The zero-order chi connectivity index (χ0) is 15.2. The summed E-state index contributed by atoms with van der Waals surface area (Å²) >= 11 is 0. The van der Waals surface area contributed by atoms with Crippen LogP contribution in [0, 0.1) is 5.92 Å². The van der Waals surface area contributed by atoms with E-state index in [1.165, 1.54) is 5.56 Å². The van der Waals surface area contributed by atoms with E-state index in [1.807, 2.05) is 32.0 Å². The Hall–Kier alpha value is -1.19. The molecule has 0 heterocycles. The second-order valence-electron chi connectivity index (χ2n) is 6.32. The van der Waals surface area contributed by atoms with Crippen molar-refractivity contribution in [2.24, 2.45) is 5.92 Å². The number of hydrogen-bond acceptors (Lipinski definition) is 3. The highest BCUT2D eigenvalue weighted by Gasteiger charge is 2.30. The molecule has 1 fully saturated rings. The van der Waals surface area contributed by atoms with Gasteiger partial charge in [-0.2, -0.15) is 0 Å². The van der Waals surface area contributed by atoms with Crippen molar-refractivity contribution in [3.05, 3.63) is 35.9 Å². The summed E-state index contributed by atoms with van der Waals surface area (Å²) in [7, 11) is 0. The normalized spacial score (nSPS) is 24.3. The number of Topliss-reactive ketones (excluding diaryl/α,β-unsaturated/α-hetero) is 1. The number of carbonyl (C=O) groups excluding carboxylic acids is 1. The van der Waals surface area contributed by atoms with E-state index in [0.717, 1.165) is 12.8 Å². The molecule has 0 saturated heterocycles. The molecule has 0 radical (unpaired) electrons. The highest BCUT2D eigenvalue weighted by molar-refractivity contribution is 5.82. The summed E-state index contributed by atoms with van der Waals surface area (Å²) in [6.45, 7) is 4.21. The van der Waals surface area contributed by atoms with Gasteiger partial charge in [0.15, 0.2) is 0 Å². The topological polar surface area (TPSA) is 46.5 Å². The number of aliphatic hydroxyl groups excluding tert-OH is 1. The van der Waals surface area contributed by atoms with Crippen LogP contribution in [0.15, 0.2) is 30.3 Å². The lowest BCUT2D eigenvalue weighted by Gasteiger charge is -2.29. The molecule has 0 spiro atoms. The number of ketones is 1. The van der Waals surface area contributed by atoms with Gasteiger partial charge in [0, 0.05) is 12.3 Å². The summed E-state index contributed by atoms with van der Waals surface area (Å²) in [5.41, 5.74) is 1.31. The number of rotatable bonds is 6. The van der Waals surface area contributed by atoms with Gasteiger partial charge in [-0.3, -0.25) is 4.79 Å². The molecular weight excluding hydrogens is 264 g/mol. The molecule has 1 N–H and O–H groups in total. The van der Waals surface area contributed by atoms with Gasteiger partial charge >= 0.3 is 0 Å². The molecule has 1 aromatic carbocycles. The Morgan fingerprint density at radius 3 is 2.67 bits per heavy atom. The standard InChI is InChI=1S/C18H26O3/c1-13(2)21-12-17(19)11-16-10-15(8-9-18(16)20)14-6-4-3-5-7-14/h3-7,13,15-17,19H,8-12H2,1-2H3. The molecule has 0 aliphatic heterocycles. The van der Waals surface area contributed by atoms with E-state index >= 15 is 0 Å². The number of carbonyl (C=O) groups is 1. The SMILES string of the molecule is CC(C)OCC(O)CC1CC(c2ccccc2)CCC1=O. The summed E-state index contributed by atoms with van der Waals surface area (Å²) in [5, 5.41) is 10.0. The third-order valence-electron chi connectivity index (χ3n) is 4.21. The fraction of sp³-hybridized carbons (Fsp3) is 0.611. The summed E-state index contributed by atoms with van der Waals surface area (Å²) in [4.78, 5) is 12.1. The van der Waals surface area contributed by atoms with Crippen molar-refractivity contribution in [3.63, 3.8) is 0 Å². The summed E-state index contributed by atoms with van der Waals surface area (Å²) < 4.78 is 5.43. The van der Waals surface area contributed by atoms with Crippen LogP contribution in [0.1, 0.15) is 51.0 Å². The van der Waals surface area contributed by atoms with E-state index in [1.54, 1.807) is 0 Å². The lowest BCUT2D eigenvalue weighted by molar-refractivity contribution is -0.126. The second-order valence-corrected chi connectivity index (χ2v) is 6.32. The zero-order valence-corrected chi connectivity index (χ0v) is 13.0. The van der Waals surface area contributed by atoms with E-state index in [-0.39, 0.29) is 12.0 Å². The molecule has 3 unspecified atom stereocenters. The molecule has 21 heavy (non-hydrogen) atoms. The van der Waals surface area contributed by atoms with Gasteiger partial charge < -0.3 is 9.84 Å². The van der Waals surface area contributed by atoms with Crippen molar-refractivity contribution in [3.8, 4) is 0 Å². The molecule has 1 aliphatic carbocycles. The zero-order valence-electron chi connectivity index (χ0n) is 13.0. The molecule has 0 aromatic heterocycles. The van der Waals surface area contributed by atoms with Gasteiger partial charge in [0.25, 0.3) is 0 Å². The molecular formula is C18H26O3. The van der Waals surface area contributed by atoms with Crippen LogP contribution in [-0.2, 0) is 9.53 Å². The molecule has 0 bridgehead atoms. The first-order chi connectivity index (χ1) is 10.1. The quantitative estimate of drug-likeness (QED) is 0.874. The maximum atomic E-state index is 12.1. The van der Waals surface area contributed by atoms with Crippen molar-refractivity contribution in [2.45, 2.75) is 57.7 Å². The minimum atomic E-state index is -0.545. The lowest BCUT2D eigenvalue weighted by Crippen LogP contribution is -2.30. The Bertz CT molecular complexity index is 441. The van der Waals surface area contributed by atoms with Crippen LogP contribution in [0.3, 0.4) is 0 Å². The molecule has 116 valence electrons. The van der Waals surface area contributed by atoms with Crippen molar-refractivity contribution in [2.75, 3.05) is 6.61 Å². The Balaban J connectivity index is 1.91. The minimum Gasteiger partial charge on any atom is -0.391 e. The van der Waals surface area contributed by atoms with E-state index < -0.39 is 6.10 Å². The molecule has 3 nitrogen and oxygen atoms in total. The number of hydrogen-bond donors (Lipinski definition) is 1. The number of ether oxygens (including phenoxy) is 1. The lowest BCUT2D eigenvalue weighted by atomic mass is 9.75. The highest BCUT2D eigenvalue weighted by atomic mass is 16.5. The van der Waals surface area contributed by atoms with Gasteiger partial charge in [-0.05, 0) is 44.6 Å². The number of benzene rings is 1. The third-order valence-corrected chi connectivity index (χ3v) is 4.21. The monoisotopic (exact) mass is 290 g/mol. The van der Waals surface area contributed by atoms with Crippen LogP contribution in [0.25, 0.3) is 0 Å². The highest BCUT2D eigenvalue weighted by Crippen LogP contribution is 2.36. The molecule has 3 atom stereocenters. The van der Waals surface area contributed by atoms with E-state index in [2.05, 4.69) is 12.1 Å². The Morgan fingerprint density at radius 1 is 1.29 bits per heavy atom. The molecule has 0 amide bonds. The molecule has 1 aliphatic rings. The van der Waals surface area contributed by atoms with Crippen molar-refractivity contribution < 1.29 is 14.6 Å². The maximum Gasteiger partial charge on any atom is 0.136 e. The van der Waals surface area contributed by atoms with Gasteiger partial charge in [-0.1, -0.05) is 30.3 Å². The first-order valence-electron chi connectivity index (χ1n) is 7.93. The summed E-state index contributed by atoms with van der Waals surface area (Å²) in [6, 6.07) is 10.4. The Labute approximate surface area is 127 Å². The van der Waals surface area contributed by atoms with E-state index in [4.69, 9.17) is 4.74 Å². The van der Waals surface area contributed by atoms with Gasteiger partial charge in [0.1, 0.15) is 5.78 Å². The van der Waals surface area contributed by atoms with Gasteiger partial charge in [-0.25, -0.2) is 0 Å². The fourth-order valence-electron chi connectivity index (χ4n) is 3.07. The summed E-state index contributed by atoms with van der Waals surface area (Å²) in [6.07, 6.45) is 2.49. The summed E-state index contributed by atoms with van der Waals surface area (Å²) in [5.74, 6) is 0.701. The molecule has 1 saturated carbocycles. The molecule has 3 heteroatoms. The van der Waals surface area contributed by atoms with Crippen molar-refractivity contribution in [1.29, 1.82) is 0 Å². The molecule has 1 aromatic rings. The predicted molar refractivity (Wildman–Crippen MR) is 83.2 cm³/mol. The second kappa shape index (κ2) is 7.71. The van der Waals surface area contributed by atoms with Crippen LogP contribution in [-0.4, -0.2) is 29.7 Å². The fourth-order valence-corrected chi connectivity index (χ4v) is 3.07. The van der Waals surface area contributed by atoms with Crippen molar-refractivity contribution >= 4 is 5.78 Å². The first-order valence-corrected chi connectivity index (χ1v) is 7.93. The molecule has 2 rings (SSSR count). The van der Waals surface area contributed by atoms with E-state index in [0.29, 0.717) is 31.1 Å². The first kappa shape index (κ1) is 16.2. The maximum absolute atomic E-state index is 12.1. The van der Waals surface area contributed by atoms with Crippen LogP contribution >= 0.6 is 0 Å². The van der Waals surface area contributed by atoms with Gasteiger partial charge in [0.2, 0.25) is 0 Å². The van der Waals surface area contributed by atoms with Gasteiger partial charge in [-0.15, -0.1) is 0 Å². The van der Waals surface area contributed by atoms with Gasteiger partial charge in [0.05, 0.1) is 18.8 Å². The average Bonchev–Trinajstić information content (AvgIpc) is 2.48. The third kappa shape index (κ3) is 4.94. The van der Waals surface area contributed by atoms with Crippen LogP contribution in [0.4, 0.5) is 0 Å². The van der Waals surface area contributed by atoms with Crippen molar-refractivity contribution in [1.82, 2.24) is 0 Å².